The van der Waals surface area contributed by atoms with Gasteiger partial charge in [0.25, 0.3) is 0 Å². The van der Waals surface area contributed by atoms with E-state index >= 15 is 0 Å². The van der Waals surface area contributed by atoms with Crippen LogP contribution in [0.3, 0.4) is 0 Å². The smallest absolute Gasteiger partial charge is 0.139 e. The minimum atomic E-state index is 0.179. The van der Waals surface area contributed by atoms with Crippen LogP contribution < -0.4 is 0 Å². The zero-order valence-corrected chi connectivity index (χ0v) is 5.60. The van der Waals surface area contributed by atoms with Crippen LogP contribution in [0.4, 0.5) is 0 Å². The van der Waals surface area contributed by atoms with Crippen molar-refractivity contribution in [3.8, 4) is 0 Å². The first-order valence-electron chi connectivity index (χ1n) is 3.50. The molecular formula is C8H12O. The highest BCUT2D eigenvalue weighted by atomic mass is 16.1. The van der Waals surface area contributed by atoms with Gasteiger partial charge in [-0.05, 0) is 12.8 Å². The van der Waals surface area contributed by atoms with Crippen molar-refractivity contribution in [2.45, 2.75) is 25.7 Å². The summed E-state index contributed by atoms with van der Waals surface area (Å²) in [7, 11) is 0. The van der Waals surface area contributed by atoms with Gasteiger partial charge >= 0.3 is 0 Å². The van der Waals surface area contributed by atoms with Gasteiger partial charge in [0.15, 0.2) is 0 Å². The van der Waals surface area contributed by atoms with Crippen LogP contribution in [-0.4, -0.2) is 5.78 Å². The van der Waals surface area contributed by atoms with Crippen LogP contribution in [0.2, 0.25) is 0 Å². The molecule has 0 saturated heterocycles. The molecule has 1 fully saturated rings. The molecule has 0 spiro atoms. The van der Waals surface area contributed by atoms with Gasteiger partial charge in [-0.25, -0.2) is 0 Å². The molecule has 9 heavy (non-hydrogen) atoms. The molecule has 1 heteroatoms. The molecule has 1 atom stereocenters. The summed E-state index contributed by atoms with van der Waals surface area (Å²) < 4.78 is 0. The number of rotatable bonds is 1. The van der Waals surface area contributed by atoms with Crippen LogP contribution >= 0.6 is 0 Å². The lowest BCUT2D eigenvalue weighted by atomic mass is 9.88. The first kappa shape index (κ1) is 6.53. The van der Waals surface area contributed by atoms with Crippen LogP contribution in [-0.2, 0) is 4.79 Å². The highest BCUT2D eigenvalue weighted by Crippen LogP contribution is 2.20. The Labute approximate surface area is 55.8 Å². The van der Waals surface area contributed by atoms with E-state index in [1.807, 2.05) is 0 Å². The van der Waals surface area contributed by atoms with Gasteiger partial charge in [-0.3, -0.25) is 4.79 Å². The van der Waals surface area contributed by atoms with Gasteiger partial charge in [0, 0.05) is 12.3 Å². The monoisotopic (exact) mass is 124 g/mol. The van der Waals surface area contributed by atoms with Gasteiger partial charge in [0.05, 0.1) is 0 Å². The molecule has 0 aromatic rings. The lowest BCUT2D eigenvalue weighted by molar-refractivity contribution is -0.122. The zero-order chi connectivity index (χ0) is 6.69. The first-order chi connectivity index (χ1) is 4.34. The number of carbonyl (C=O) groups excluding carboxylic acids is 1. The molecule has 1 nitrogen and oxygen atoms in total. The molecule has 0 bridgehead atoms. The first-order valence-corrected chi connectivity index (χ1v) is 3.50. The van der Waals surface area contributed by atoms with E-state index in [1.165, 1.54) is 6.42 Å². The van der Waals surface area contributed by atoms with E-state index in [-0.39, 0.29) is 5.92 Å². The van der Waals surface area contributed by atoms with Crippen molar-refractivity contribution in [3.05, 3.63) is 12.7 Å². The molecule has 0 aromatic carbocycles. The van der Waals surface area contributed by atoms with Crippen molar-refractivity contribution in [3.63, 3.8) is 0 Å². The fraction of sp³-hybridized carbons (Fsp3) is 0.625. The van der Waals surface area contributed by atoms with Gasteiger partial charge in [-0.1, -0.05) is 12.5 Å². The molecule has 0 aliphatic heterocycles. The summed E-state index contributed by atoms with van der Waals surface area (Å²) in [5.74, 6) is 0.565. The van der Waals surface area contributed by atoms with Crippen LogP contribution in [0.1, 0.15) is 25.7 Å². The molecule has 50 valence electrons. The van der Waals surface area contributed by atoms with Crippen molar-refractivity contribution < 1.29 is 4.79 Å². The number of carbonyl (C=O) groups is 1. The Bertz CT molecular complexity index is 127. The van der Waals surface area contributed by atoms with Gasteiger partial charge in [-0.15, -0.1) is 6.58 Å². The molecule has 1 rings (SSSR count). The largest absolute Gasteiger partial charge is 0.299 e. The third-order valence-corrected chi connectivity index (χ3v) is 1.89. The average molecular weight is 124 g/mol. The van der Waals surface area contributed by atoms with E-state index < -0.39 is 0 Å². The van der Waals surface area contributed by atoms with E-state index in [4.69, 9.17) is 0 Å². The Morgan fingerprint density at radius 3 is 2.78 bits per heavy atom. The molecule has 0 N–H and O–H groups in total. The summed E-state index contributed by atoms with van der Waals surface area (Å²) in [4.78, 5) is 11.0. The second-order valence-electron chi connectivity index (χ2n) is 2.55. The zero-order valence-electron chi connectivity index (χ0n) is 5.60. The van der Waals surface area contributed by atoms with Crippen molar-refractivity contribution in [1.82, 2.24) is 0 Å². The van der Waals surface area contributed by atoms with Gasteiger partial charge in [0.1, 0.15) is 5.78 Å². The number of ketones is 1. The molecule has 0 aromatic heterocycles. The van der Waals surface area contributed by atoms with Gasteiger partial charge in [0.2, 0.25) is 0 Å². The van der Waals surface area contributed by atoms with Crippen LogP contribution in [0, 0.1) is 5.92 Å². The lowest BCUT2D eigenvalue weighted by Crippen LogP contribution is -2.15. The third kappa shape index (κ3) is 1.41. The van der Waals surface area contributed by atoms with Crippen LogP contribution in [0.5, 0.6) is 0 Å². The second kappa shape index (κ2) is 2.81. The summed E-state index contributed by atoms with van der Waals surface area (Å²) >= 11 is 0. The Morgan fingerprint density at radius 1 is 1.56 bits per heavy atom. The van der Waals surface area contributed by atoms with Crippen molar-refractivity contribution in [2.75, 3.05) is 0 Å². The molecule has 0 amide bonds. The predicted octanol–water partition coefficient (Wildman–Crippen LogP) is 1.93. The highest BCUT2D eigenvalue weighted by Gasteiger charge is 2.17. The predicted molar refractivity (Wildman–Crippen MR) is 37.2 cm³/mol. The fourth-order valence-electron chi connectivity index (χ4n) is 1.26. The van der Waals surface area contributed by atoms with Crippen molar-refractivity contribution >= 4 is 5.78 Å². The minimum Gasteiger partial charge on any atom is -0.299 e. The van der Waals surface area contributed by atoms with E-state index in [0.29, 0.717) is 5.78 Å². The van der Waals surface area contributed by atoms with E-state index in [0.717, 1.165) is 19.3 Å². The number of hydrogen-bond donors (Lipinski definition) is 0. The maximum absolute atomic E-state index is 11.0. The van der Waals surface area contributed by atoms with Crippen LogP contribution in [0.15, 0.2) is 12.7 Å². The molecule has 0 radical (unpaired) electrons. The van der Waals surface area contributed by atoms with E-state index in [9.17, 15) is 4.79 Å². The molecule has 0 heterocycles. The number of Topliss-reactive ketones (excluding diaryl/α,β-unsaturated/α-hetero) is 1. The standard InChI is InChI=1S/C8H12O/c1-2-7-5-3-4-6-8(7)9/h2,7H,1,3-6H2/t7-/m1/s1. The summed E-state index contributed by atoms with van der Waals surface area (Å²) in [6, 6.07) is 0. The topological polar surface area (TPSA) is 17.1 Å². The van der Waals surface area contributed by atoms with Crippen LogP contribution in [0.25, 0.3) is 0 Å². The van der Waals surface area contributed by atoms with Crippen molar-refractivity contribution in [1.29, 1.82) is 0 Å². The van der Waals surface area contributed by atoms with Gasteiger partial charge < -0.3 is 0 Å². The van der Waals surface area contributed by atoms with Crippen molar-refractivity contribution in [2.24, 2.45) is 5.92 Å². The Hall–Kier alpha value is -0.590. The maximum Gasteiger partial charge on any atom is 0.139 e. The normalized spacial score (nSPS) is 28.0. The highest BCUT2D eigenvalue weighted by molar-refractivity contribution is 5.83. The molecular weight excluding hydrogens is 112 g/mol. The number of hydrogen-bond acceptors (Lipinski definition) is 1. The minimum absolute atomic E-state index is 0.179. The summed E-state index contributed by atoms with van der Waals surface area (Å²) in [6.45, 7) is 3.61. The summed E-state index contributed by atoms with van der Waals surface area (Å²) in [5, 5.41) is 0. The third-order valence-electron chi connectivity index (χ3n) is 1.89. The van der Waals surface area contributed by atoms with E-state index in [1.54, 1.807) is 6.08 Å². The molecule has 1 aliphatic rings. The fourth-order valence-corrected chi connectivity index (χ4v) is 1.26. The Kier molecular flexibility index (Phi) is 2.04. The van der Waals surface area contributed by atoms with Gasteiger partial charge in [-0.2, -0.15) is 0 Å². The Morgan fingerprint density at radius 2 is 2.33 bits per heavy atom. The number of allylic oxidation sites excluding steroid dienone is 1. The molecule has 1 saturated carbocycles. The summed E-state index contributed by atoms with van der Waals surface area (Å²) in [6.07, 6.45) is 5.87. The maximum atomic E-state index is 11.0. The Balaban J connectivity index is 2.48. The SMILES string of the molecule is C=C[C@@H]1CCCCC1=O. The lowest BCUT2D eigenvalue weighted by Gasteiger charge is -2.15. The molecule has 0 unspecified atom stereocenters. The second-order valence-corrected chi connectivity index (χ2v) is 2.55. The summed E-state index contributed by atoms with van der Waals surface area (Å²) in [5.41, 5.74) is 0. The average Bonchev–Trinajstić information content (AvgIpc) is 1.89. The molecule has 1 aliphatic carbocycles. The van der Waals surface area contributed by atoms with E-state index in [2.05, 4.69) is 6.58 Å². The quantitative estimate of drug-likeness (QED) is 0.488.